The largest absolute Gasteiger partial charge is 0.376 e. The monoisotopic (exact) mass is 436 g/mol. The van der Waals surface area contributed by atoms with Gasteiger partial charge in [0.25, 0.3) is 0 Å². The van der Waals surface area contributed by atoms with Crippen molar-refractivity contribution in [2.45, 2.75) is 12.0 Å². The van der Waals surface area contributed by atoms with Crippen LogP contribution in [0.15, 0.2) is 103 Å². The van der Waals surface area contributed by atoms with Gasteiger partial charge in [-0.3, -0.25) is 9.78 Å². The number of nitrogens with two attached hydrogens (primary N) is 1. The van der Waals surface area contributed by atoms with Crippen molar-refractivity contribution in [2.24, 2.45) is 5.73 Å². The van der Waals surface area contributed by atoms with E-state index in [9.17, 15) is 4.79 Å². The van der Waals surface area contributed by atoms with Crippen LogP contribution in [0.3, 0.4) is 0 Å². The van der Waals surface area contributed by atoms with E-state index >= 15 is 0 Å². The number of rotatable bonds is 7. The molecule has 0 spiro atoms. The van der Waals surface area contributed by atoms with Gasteiger partial charge in [0, 0.05) is 37.5 Å². The fourth-order valence-corrected chi connectivity index (χ4v) is 4.02. The number of aromatic nitrogens is 1. The van der Waals surface area contributed by atoms with Gasteiger partial charge in [0.1, 0.15) is 0 Å². The lowest BCUT2D eigenvalue weighted by atomic mass is 9.85. The predicted octanol–water partition coefficient (Wildman–Crippen LogP) is 4.91. The summed E-state index contributed by atoms with van der Waals surface area (Å²) in [4.78, 5) is 19.4. The fraction of sp³-hybridized carbons (Fsp3) is 0.143. The summed E-state index contributed by atoms with van der Waals surface area (Å²) in [5, 5.41) is 2.99. The number of carbonyl (C=O) groups is 1. The van der Waals surface area contributed by atoms with Crippen LogP contribution in [-0.4, -0.2) is 31.0 Å². The van der Waals surface area contributed by atoms with E-state index in [-0.39, 0.29) is 11.8 Å². The normalized spacial score (nSPS) is 11.8. The van der Waals surface area contributed by atoms with Crippen molar-refractivity contribution in [1.29, 1.82) is 0 Å². The molecule has 1 atom stereocenters. The number of anilines is 2. The highest BCUT2D eigenvalue weighted by atomic mass is 16.2. The molecular formula is C28H28N4O. The predicted molar refractivity (Wildman–Crippen MR) is 135 cm³/mol. The molecule has 0 saturated heterocycles. The second kappa shape index (κ2) is 10.1. The van der Waals surface area contributed by atoms with E-state index in [1.807, 2.05) is 116 Å². The summed E-state index contributed by atoms with van der Waals surface area (Å²) in [6.45, 7) is 0. The Morgan fingerprint density at radius 2 is 1.42 bits per heavy atom. The van der Waals surface area contributed by atoms with Gasteiger partial charge < -0.3 is 16.0 Å². The van der Waals surface area contributed by atoms with Crippen LogP contribution in [0.2, 0.25) is 0 Å². The van der Waals surface area contributed by atoms with E-state index in [0.717, 1.165) is 27.9 Å². The van der Waals surface area contributed by atoms with Gasteiger partial charge in [-0.15, -0.1) is 0 Å². The Morgan fingerprint density at radius 3 is 1.97 bits per heavy atom. The highest BCUT2D eigenvalue weighted by molar-refractivity contribution is 5.96. The van der Waals surface area contributed by atoms with Gasteiger partial charge >= 0.3 is 0 Å². The van der Waals surface area contributed by atoms with Crippen molar-refractivity contribution in [1.82, 2.24) is 4.98 Å². The Labute approximate surface area is 194 Å². The molecule has 33 heavy (non-hydrogen) atoms. The number of benzene rings is 3. The smallest absolute Gasteiger partial charge is 0.242 e. The van der Waals surface area contributed by atoms with Crippen molar-refractivity contribution in [3.63, 3.8) is 0 Å². The molecule has 0 aliphatic rings. The second-order valence-corrected chi connectivity index (χ2v) is 8.18. The van der Waals surface area contributed by atoms with Gasteiger partial charge in [0.05, 0.1) is 17.9 Å². The minimum Gasteiger partial charge on any atom is -0.376 e. The summed E-state index contributed by atoms with van der Waals surface area (Å²) in [6, 6.07) is 28.9. The van der Waals surface area contributed by atoms with Gasteiger partial charge in [-0.25, -0.2) is 0 Å². The van der Waals surface area contributed by atoms with Crippen LogP contribution in [-0.2, 0) is 4.79 Å². The maximum absolute atomic E-state index is 13.1. The standard InChI is InChI=1S/C28H28N4O/c1-32(2)25-19-30-18-17-24(25)20-13-15-23(16-14-20)31-28(33)27(29)26(21-9-5-3-6-10-21)22-11-7-4-8-12-22/h3-19,26-27H,29H2,1-2H3,(H,31,33)/t27-/m0/s1. The lowest BCUT2D eigenvalue weighted by Gasteiger charge is -2.24. The molecule has 1 amide bonds. The molecule has 0 saturated carbocycles. The maximum Gasteiger partial charge on any atom is 0.242 e. The Bertz CT molecular complexity index is 1150. The van der Waals surface area contributed by atoms with Gasteiger partial charge in [-0.05, 0) is 34.9 Å². The van der Waals surface area contributed by atoms with Gasteiger partial charge in [0.2, 0.25) is 5.91 Å². The molecule has 0 aliphatic heterocycles. The van der Waals surface area contributed by atoms with Crippen LogP contribution in [0.1, 0.15) is 17.0 Å². The lowest BCUT2D eigenvalue weighted by Crippen LogP contribution is -2.41. The average Bonchev–Trinajstić information content (AvgIpc) is 2.86. The number of hydrogen-bond acceptors (Lipinski definition) is 4. The van der Waals surface area contributed by atoms with Crippen LogP contribution in [0.25, 0.3) is 11.1 Å². The molecule has 5 heteroatoms. The number of nitrogens with zero attached hydrogens (tertiary/aromatic N) is 2. The first-order valence-electron chi connectivity index (χ1n) is 10.9. The molecule has 1 heterocycles. The fourth-order valence-electron chi connectivity index (χ4n) is 4.02. The first-order chi connectivity index (χ1) is 16.0. The minimum atomic E-state index is -0.741. The second-order valence-electron chi connectivity index (χ2n) is 8.18. The Kier molecular flexibility index (Phi) is 6.81. The number of nitrogens with one attached hydrogen (secondary N) is 1. The van der Waals surface area contributed by atoms with Crippen LogP contribution < -0.4 is 16.0 Å². The van der Waals surface area contributed by atoms with E-state index < -0.39 is 6.04 Å². The van der Waals surface area contributed by atoms with E-state index in [0.29, 0.717) is 5.69 Å². The van der Waals surface area contributed by atoms with Crippen molar-refractivity contribution in [2.75, 3.05) is 24.3 Å². The zero-order chi connectivity index (χ0) is 23.2. The third-order valence-electron chi connectivity index (χ3n) is 5.72. The molecule has 0 fully saturated rings. The SMILES string of the molecule is CN(C)c1cnccc1-c1ccc(NC(=O)[C@@H](N)C(c2ccccc2)c2ccccc2)cc1. The molecule has 4 aromatic rings. The molecule has 3 N–H and O–H groups in total. The average molecular weight is 437 g/mol. The summed E-state index contributed by atoms with van der Waals surface area (Å²) in [7, 11) is 3.98. The van der Waals surface area contributed by atoms with E-state index in [1.54, 1.807) is 6.20 Å². The van der Waals surface area contributed by atoms with Gasteiger partial charge in [-0.1, -0.05) is 72.8 Å². The molecular weight excluding hydrogens is 408 g/mol. The highest BCUT2D eigenvalue weighted by Gasteiger charge is 2.27. The van der Waals surface area contributed by atoms with Crippen LogP contribution >= 0.6 is 0 Å². The summed E-state index contributed by atoms with van der Waals surface area (Å²) in [5.74, 6) is -0.468. The summed E-state index contributed by atoms with van der Waals surface area (Å²) in [6.07, 6.45) is 3.63. The highest BCUT2D eigenvalue weighted by Crippen LogP contribution is 2.30. The van der Waals surface area contributed by atoms with Crippen molar-refractivity contribution >= 4 is 17.3 Å². The van der Waals surface area contributed by atoms with E-state index in [1.165, 1.54) is 0 Å². The molecule has 0 unspecified atom stereocenters. The zero-order valence-electron chi connectivity index (χ0n) is 18.8. The van der Waals surface area contributed by atoms with Crippen molar-refractivity contribution in [3.8, 4) is 11.1 Å². The molecule has 0 bridgehead atoms. The molecule has 0 aliphatic carbocycles. The number of pyridine rings is 1. The lowest BCUT2D eigenvalue weighted by molar-refractivity contribution is -0.117. The Hall–Kier alpha value is -3.96. The quantitative estimate of drug-likeness (QED) is 0.432. The van der Waals surface area contributed by atoms with E-state index in [2.05, 4.69) is 10.3 Å². The summed E-state index contributed by atoms with van der Waals surface area (Å²) in [5.41, 5.74) is 12.4. The van der Waals surface area contributed by atoms with Crippen LogP contribution in [0.4, 0.5) is 11.4 Å². The van der Waals surface area contributed by atoms with Crippen molar-refractivity contribution < 1.29 is 4.79 Å². The van der Waals surface area contributed by atoms with Gasteiger partial charge in [0.15, 0.2) is 0 Å². The van der Waals surface area contributed by atoms with Crippen LogP contribution in [0.5, 0.6) is 0 Å². The molecule has 1 aromatic heterocycles. The molecule has 166 valence electrons. The topological polar surface area (TPSA) is 71.2 Å². The minimum absolute atomic E-state index is 0.224. The van der Waals surface area contributed by atoms with Crippen molar-refractivity contribution in [3.05, 3.63) is 115 Å². The molecule has 5 nitrogen and oxygen atoms in total. The molecule has 0 radical (unpaired) electrons. The van der Waals surface area contributed by atoms with Gasteiger partial charge in [-0.2, -0.15) is 0 Å². The number of carbonyl (C=O) groups excluding carboxylic acids is 1. The number of hydrogen-bond donors (Lipinski definition) is 2. The van der Waals surface area contributed by atoms with E-state index in [4.69, 9.17) is 5.73 Å². The third kappa shape index (κ3) is 5.10. The first-order valence-corrected chi connectivity index (χ1v) is 10.9. The molecule has 3 aromatic carbocycles. The number of amides is 1. The summed E-state index contributed by atoms with van der Waals surface area (Å²) >= 11 is 0. The zero-order valence-corrected chi connectivity index (χ0v) is 18.8. The molecule has 4 rings (SSSR count). The summed E-state index contributed by atoms with van der Waals surface area (Å²) < 4.78 is 0. The maximum atomic E-state index is 13.1. The van der Waals surface area contributed by atoms with Crippen LogP contribution in [0, 0.1) is 0 Å². The Balaban J connectivity index is 1.55. The Morgan fingerprint density at radius 1 is 0.848 bits per heavy atom. The third-order valence-corrected chi connectivity index (χ3v) is 5.72. The first kappa shape index (κ1) is 22.2.